The number of fused-ring (bicyclic) bond motifs is 1. The molecule has 3 atom stereocenters. The van der Waals surface area contributed by atoms with Gasteiger partial charge in [0.25, 0.3) is 5.91 Å². The van der Waals surface area contributed by atoms with Gasteiger partial charge < -0.3 is 26.1 Å². The highest BCUT2D eigenvalue weighted by Crippen LogP contribution is 2.48. The zero-order valence-electron chi connectivity index (χ0n) is 18.2. The number of nitrogen functional groups attached to an aromatic ring is 1. The summed E-state index contributed by atoms with van der Waals surface area (Å²) in [7, 11) is 0. The number of ether oxygens (including phenoxy) is 1. The first-order valence-corrected chi connectivity index (χ1v) is 12.2. The van der Waals surface area contributed by atoms with E-state index in [1.807, 2.05) is 6.92 Å². The van der Waals surface area contributed by atoms with Crippen LogP contribution in [0.4, 0.5) is 5.13 Å². The Labute approximate surface area is 202 Å². The number of β-lactam (4-membered cyclic amide) rings is 1. The number of nitrogens with two attached hydrogens (primary N) is 1. The van der Waals surface area contributed by atoms with Crippen LogP contribution in [0, 0.1) is 0 Å². The van der Waals surface area contributed by atoms with Crippen molar-refractivity contribution in [2.45, 2.75) is 31.2 Å². The van der Waals surface area contributed by atoms with Gasteiger partial charge in [-0.2, -0.15) is 4.48 Å². The number of carboxylic acids is 1. The number of rotatable bonds is 10. The predicted molar refractivity (Wildman–Crippen MR) is 124 cm³/mol. The van der Waals surface area contributed by atoms with Crippen LogP contribution in [0.5, 0.6) is 0 Å². The summed E-state index contributed by atoms with van der Waals surface area (Å²) in [5.74, 6) is -3.48. The number of hydrogen-bond donors (Lipinski definition) is 4. The molecule has 14 heteroatoms. The van der Waals surface area contributed by atoms with Gasteiger partial charge in [0.1, 0.15) is 5.69 Å². The standard InChI is InChI=1S/C20H23N5O7S2/c1-3-5-6-32-12(26)7-25-15(19(29)30)10(4-2)8-33-18(25)14(17(25)28)23-16(27)13(24-31)11-9-34-20(21)22-11/h4,9,14,18H,2-3,5-8H2,1H3,(H4-,21,22,23,27,29,30,31)/p+1/t14?,18-,25?/m0/s1. The molecule has 12 nitrogen and oxygen atoms in total. The van der Waals surface area contributed by atoms with Crippen LogP contribution in [0.3, 0.4) is 0 Å². The molecule has 1 fully saturated rings. The van der Waals surface area contributed by atoms with E-state index in [2.05, 4.69) is 22.0 Å². The van der Waals surface area contributed by atoms with E-state index in [0.717, 1.165) is 17.8 Å². The lowest BCUT2D eigenvalue weighted by atomic mass is 9.95. The molecule has 2 amide bonds. The minimum Gasteiger partial charge on any atom is -0.474 e. The third kappa shape index (κ3) is 4.43. The smallest absolute Gasteiger partial charge is 0.391 e. The molecule has 1 aromatic heterocycles. The van der Waals surface area contributed by atoms with Crippen LogP contribution in [-0.4, -0.2) is 79.6 Å². The van der Waals surface area contributed by atoms with Gasteiger partial charge in [0.05, 0.1) is 6.61 Å². The van der Waals surface area contributed by atoms with E-state index in [9.17, 15) is 29.5 Å². The van der Waals surface area contributed by atoms with Gasteiger partial charge in [-0.05, 0) is 6.42 Å². The Balaban J connectivity index is 1.90. The summed E-state index contributed by atoms with van der Waals surface area (Å²) in [5, 5.41) is 25.4. The average Bonchev–Trinajstić information content (AvgIpc) is 3.22. The van der Waals surface area contributed by atoms with Crippen molar-refractivity contribution in [1.82, 2.24) is 10.3 Å². The summed E-state index contributed by atoms with van der Waals surface area (Å²) < 4.78 is 4.38. The van der Waals surface area contributed by atoms with Crippen LogP contribution in [0.25, 0.3) is 0 Å². The second-order valence-corrected chi connectivity index (χ2v) is 9.49. The molecule has 182 valence electrons. The maximum Gasteiger partial charge on any atom is 0.391 e. The zero-order chi connectivity index (χ0) is 25.0. The number of amides is 2. The van der Waals surface area contributed by atoms with E-state index in [-0.39, 0.29) is 28.9 Å². The summed E-state index contributed by atoms with van der Waals surface area (Å²) in [6, 6.07) is -1.14. The summed E-state index contributed by atoms with van der Waals surface area (Å²) in [6.45, 7) is 5.17. The molecule has 0 radical (unpaired) electrons. The van der Waals surface area contributed by atoms with Crippen molar-refractivity contribution in [2.24, 2.45) is 5.16 Å². The Bertz CT molecular complexity index is 1100. The number of carbonyl (C=O) groups is 4. The number of aliphatic carboxylic acids is 1. The fourth-order valence-corrected chi connectivity index (χ4v) is 5.94. The predicted octanol–water partition coefficient (Wildman–Crippen LogP) is 0.686. The van der Waals surface area contributed by atoms with E-state index in [0.29, 0.717) is 12.0 Å². The van der Waals surface area contributed by atoms with Crippen molar-refractivity contribution in [1.29, 1.82) is 0 Å². The molecule has 1 aromatic rings. The van der Waals surface area contributed by atoms with Crippen molar-refractivity contribution in [2.75, 3.05) is 24.6 Å². The largest absolute Gasteiger partial charge is 0.474 e. The summed E-state index contributed by atoms with van der Waals surface area (Å²) >= 11 is 2.24. The lowest BCUT2D eigenvalue weighted by Crippen LogP contribution is -2.82. The molecule has 0 bridgehead atoms. The molecule has 2 aliphatic heterocycles. The third-order valence-electron chi connectivity index (χ3n) is 5.45. The van der Waals surface area contributed by atoms with Gasteiger partial charge in [0.2, 0.25) is 11.7 Å². The normalized spacial score (nSPS) is 24.1. The topological polar surface area (TPSA) is 181 Å². The summed E-state index contributed by atoms with van der Waals surface area (Å²) in [5.41, 5.74) is 5.17. The molecule has 0 saturated carbocycles. The van der Waals surface area contributed by atoms with E-state index in [4.69, 9.17) is 10.5 Å². The Morgan fingerprint density at radius 3 is 2.76 bits per heavy atom. The zero-order valence-corrected chi connectivity index (χ0v) is 19.9. The van der Waals surface area contributed by atoms with Crippen molar-refractivity contribution in [3.8, 4) is 0 Å². The van der Waals surface area contributed by atoms with Gasteiger partial charge >= 0.3 is 17.8 Å². The third-order valence-corrected chi connectivity index (χ3v) is 7.57. The molecule has 3 heterocycles. The highest BCUT2D eigenvalue weighted by molar-refractivity contribution is 8.00. The van der Waals surface area contributed by atoms with Gasteiger partial charge in [-0.15, -0.1) is 11.3 Å². The number of oxime groups is 1. The van der Waals surface area contributed by atoms with Crippen molar-refractivity contribution in [3.63, 3.8) is 0 Å². The van der Waals surface area contributed by atoms with Crippen LogP contribution < -0.4 is 11.1 Å². The number of esters is 1. The lowest BCUT2D eigenvalue weighted by molar-refractivity contribution is -0.847. The number of carbonyl (C=O) groups excluding carboxylic acids is 3. The Morgan fingerprint density at radius 2 is 2.21 bits per heavy atom. The van der Waals surface area contributed by atoms with E-state index in [1.54, 1.807) is 0 Å². The van der Waals surface area contributed by atoms with Gasteiger partial charge in [0, 0.05) is 16.7 Å². The van der Waals surface area contributed by atoms with Gasteiger partial charge in [0.15, 0.2) is 22.8 Å². The lowest BCUT2D eigenvalue weighted by Gasteiger charge is -2.54. The molecule has 3 rings (SSSR count). The number of aromatic nitrogens is 1. The summed E-state index contributed by atoms with van der Waals surface area (Å²) in [6.07, 6.45) is 2.76. The van der Waals surface area contributed by atoms with Crippen LogP contribution in [0.1, 0.15) is 25.5 Å². The number of nitrogens with one attached hydrogen (secondary N) is 1. The number of thioether (sulfide) groups is 1. The molecule has 0 aromatic carbocycles. The quantitative estimate of drug-likeness (QED) is 0.0664. The first-order valence-electron chi connectivity index (χ1n) is 10.2. The van der Waals surface area contributed by atoms with E-state index in [1.165, 1.54) is 23.2 Å². The fourth-order valence-electron chi connectivity index (χ4n) is 3.87. The van der Waals surface area contributed by atoms with Crippen LogP contribution in [0.2, 0.25) is 0 Å². The number of thiazole rings is 1. The summed E-state index contributed by atoms with van der Waals surface area (Å²) in [4.78, 5) is 54.8. The molecule has 2 aliphatic rings. The number of anilines is 1. The van der Waals surface area contributed by atoms with Crippen LogP contribution in [-0.2, 0) is 23.9 Å². The van der Waals surface area contributed by atoms with Crippen LogP contribution in [0.15, 0.2) is 34.5 Å². The average molecular weight is 511 g/mol. The second-order valence-electron chi connectivity index (χ2n) is 7.49. The number of quaternary nitrogens is 1. The SMILES string of the molecule is C=CC1=C(C(=O)O)[N+]2(CC(=O)OCCCC)C(=O)C(NC(=O)C(=NO)c3csc(N)n3)[C@@H]2SC1. The molecule has 0 spiro atoms. The van der Waals surface area contributed by atoms with Gasteiger partial charge in [-0.25, -0.2) is 19.4 Å². The first kappa shape index (κ1) is 25.4. The van der Waals surface area contributed by atoms with Gasteiger partial charge in [-0.1, -0.05) is 42.9 Å². The molecule has 34 heavy (non-hydrogen) atoms. The van der Waals surface area contributed by atoms with Crippen molar-refractivity contribution < 1.29 is 38.7 Å². The van der Waals surface area contributed by atoms with E-state index >= 15 is 0 Å². The molecule has 0 aliphatic carbocycles. The monoisotopic (exact) mass is 510 g/mol. The van der Waals surface area contributed by atoms with Gasteiger partial charge in [-0.3, -0.25) is 4.79 Å². The first-order chi connectivity index (χ1) is 16.2. The van der Waals surface area contributed by atoms with Crippen molar-refractivity contribution in [3.05, 3.63) is 35.0 Å². The molecule has 5 N–H and O–H groups in total. The number of carboxylic acid groups (broad SMARTS) is 1. The van der Waals surface area contributed by atoms with Crippen LogP contribution >= 0.6 is 23.1 Å². The number of nitrogens with zero attached hydrogens (tertiary/aromatic N) is 3. The molecular weight excluding hydrogens is 486 g/mol. The number of hydrogen-bond acceptors (Lipinski definition) is 11. The maximum absolute atomic E-state index is 13.4. The Hall–Kier alpha value is -3.23. The van der Waals surface area contributed by atoms with Crippen molar-refractivity contribution >= 4 is 57.7 Å². The molecule has 1 saturated heterocycles. The highest BCUT2D eigenvalue weighted by atomic mass is 32.2. The Morgan fingerprint density at radius 1 is 1.47 bits per heavy atom. The molecule has 2 unspecified atom stereocenters. The number of unbranched alkanes of at least 4 members (excludes halogenated alkanes) is 1. The number of allylic oxidation sites excluding steroid dienone is 1. The Kier molecular flexibility index (Phi) is 7.74. The second kappa shape index (κ2) is 10.4. The highest BCUT2D eigenvalue weighted by Gasteiger charge is 2.71. The fraction of sp³-hybridized carbons (Fsp3) is 0.400. The van der Waals surface area contributed by atoms with E-state index < -0.39 is 51.9 Å². The minimum atomic E-state index is -1.37. The molecular formula is C20H24N5O7S2+. The maximum atomic E-state index is 13.4. The minimum absolute atomic E-state index is 0.0193.